The molecule has 0 aliphatic heterocycles. The molecule has 1 atom stereocenters. The second kappa shape index (κ2) is 6.52. The van der Waals surface area contributed by atoms with Gasteiger partial charge in [0.05, 0.1) is 6.20 Å². The number of rotatable bonds is 5. The molecule has 1 aromatic carbocycles. The van der Waals surface area contributed by atoms with Crippen LogP contribution in [0.25, 0.3) is 5.82 Å². The summed E-state index contributed by atoms with van der Waals surface area (Å²) >= 11 is 0. The summed E-state index contributed by atoms with van der Waals surface area (Å²) in [4.78, 5) is 12.5. The van der Waals surface area contributed by atoms with Crippen molar-refractivity contribution in [2.24, 2.45) is 7.05 Å². The Balaban J connectivity index is 1.72. The molecule has 2 heterocycles. The predicted molar refractivity (Wildman–Crippen MR) is 89.7 cm³/mol. The Morgan fingerprint density at radius 2 is 1.87 bits per heavy atom. The van der Waals surface area contributed by atoms with E-state index in [1.807, 2.05) is 54.3 Å². The van der Waals surface area contributed by atoms with Crippen molar-refractivity contribution in [3.63, 3.8) is 0 Å². The van der Waals surface area contributed by atoms with Gasteiger partial charge in [-0.15, -0.1) is 0 Å². The maximum absolute atomic E-state index is 12.5. The summed E-state index contributed by atoms with van der Waals surface area (Å²) in [6.45, 7) is 2.69. The summed E-state index contributed by atoms with van der Waals surface area (Å²) in [6.07, 6.45) is 5.42. The van der Waals surface area contributed by atoms with Gasteiger partial charge in [0, 0.05) is 26.0 Å². The van der Waals surface area contributed by atoms with E-state index in [1.54, 1.807) is 10.9 Å². The minimum atomic E-state index is -0.107. The monoisotopic (exact) mass is 308 g/mol. The number of hydrogen-bond acceptors (Lipinski definition) is 2. The maximum atomic E-state index is 12.5. The predicted octanol–water partition coefficient (Wildman–Crippen LogP) is 2.74. The lowest BCUT2D eigenvalue weighted by atomic mass is 10.0. The largest absolute Gasteiger partial charge is 0.351 e. The van der Waals surface area contributed by atoms with E-state index in [9.17, 15) is 4.79 Å². The summed E-state index contributed by atoms with van der Waals surface area (Å²) in [5.74, 6) is 0.913. The van der Waals surface area contributed by atoms with Crippen LogP contribution in [0.1, 0.15) is 28.8 Å². The number of benzene rings is 1. The minimum Gasteiger partial charge on any atom is -0.351 e. The zero-order valence-corrected chi connectivity index (χ0v) is 13.3. The van der Waals surface area contributed by atoms with E-state index in [-0.39, 0.29) is 11.8 Å². The van der Waals surface area contributed by atoms with Gasteiger partial charge in [-0.05, 0) is 23.6 Å². The van der Waals surface area contributed by atoms with Gasteiger partial charge in [0.2, 0.25) is 0 Å². The van der Waals surface area contributed by atoms with Crippen molar-refractivity contribution < 1.29 is 4.79 Å². The quantitative estimate of drug-likeness (QED) is 0.788. The van der Waals surface area contributed by atoms with Crippen LogP contribution in [0.3, 0.4) is 0 Å². The molecule has 3 rings (SSSR count). The zero-order chi connectivity index (χ0) is 16.2. The van der Waals surface area contributed by atoms with Crippen molar-refractivity contribution >= 4 is 5.91 Å². The first kappa shape index (κ1) is 15.1. The van der Waals surface area contributed by atoms with Crippen molar-refractivity contribution in [1.82, 2.24) is 19.7 Å². The Bertz CT molecular complexity index is 775. The highest BCUT2D eigenvalue weighted by Gasteiger charge is 2.17. The molecule has 0 saturated heterocycles. The van der Waals surface area contributed by atoms with Crippen LogP contribution >= 0.6 is 0 Å². The fraction of sp³-hybridized carbons (Fsp3) is 0.222. The summed E-state index contributed by atoms with van der Waals surface area (Å²) in [7, 11) is 1.83. The molecular weight excluding hydrogens is 288 g/mol. The lowest BCUT2D eigenvalue weighted by Crippen LogP contribution is -2.28. The molecule has 1 unspecified atom stereocenters. The lowest BCUT2D eigenvalue weighted by molar-refractivity contribution is 0.0951. The fourth-order valence-electron chi connectivity index (χ4n) is 2.61. The zero-order valence-electron chi connectivity index (χ0n) is 13.3. The van der Waals surface area contributed by atoms with Gasteiger partial charge in [0.1, 0.15) is 11.4 Å². The van der Waals surface area contributed by atoms with Gasteiger partial charge < -0.3 is 9.88 Å². The molecule has 0 fully saturated rings. The molecule has 0 aliphatic carbocycles. The summed E-state index contributed by atoms with van der Waals surface area (Å²) in [5.41, 5.74) is 1.79. The Hall–Kier alpha value is -2.82. The molecule has 118 valence electrons. The highest BCUT2D eigenvalue weighted by Crippen LogP contribution is 2.16. The number of nitrogens with one attached hydrogen (secondary N) is 1. The van der Waals surface area contributed by atoms with Crippen molar-refractivity contribution in [2.45, 2.75) is 12.8 Å². The first-order valence-corrected chi connectivity index (χ1v) is 7.65. The van der Waals surface area contributed by atoms with Crippen LogP contribution in [0.4, 0.5) is 0 Å². The number of amides is 1. The molecule has 1 amide bonds. The van der Waals surface area contributed by atoms with E-state index in [2.05, 4.69) is 29.5 Å². The smallest absolute Gasteiger partial charge is 0.256 e. The van der Waals surface area contributed by atoms with Crippen LogP contribution < -0.4 is 5.32 Å². The number of aryl methyl sites for hydroxylation is 1. The van der Waals surface area contributed by atoms with E-state index >= 15 is 0 Å². The first-order valence-electron chi connectivity index (χ1n) is 7.65. The lowest BCUT2D eigenvalue weighted by Gasteiger charge is -2.13. The third kappa shape index (κ3) is 3.18. The maximum Gasteiger partial charge on any atom is 0.256 e. The van der Waals surface area contributed by atoms with Gasteiger partial charge in [0.15, 0.2) is 0 Å². The number of carbonyl (C=O) groups excluding carboxylic acids is 1. The molecule has 0 bridgehead atoms. The average molecular weight is 308 g/mol. The molecular formula is C18H20N4O. The van der Waals surface area contributed by atoms with Crippen molar-refractivity contribution in [3.05, 3.63) is 72.2 Å². The molecule has 5 nitrogen and oxygen atoms in total. The van der Waals surface area contributed by atoms with Crippen LogP contribution in [0, 0.1) is 0 Å². The Morgan fingerprint density at radius 1 is 1.17 bits per heavy atom. The highest BCUT2D eigenvalue weighted by molar-refractivity contribution is 5.97. The second-order valence-electron chi connectivity index (χ2n) is 5.62. The number of hydrogen-bond donors (Lipinski definition) is 1. The van der Waals surface area contributed by atoms with E-state index in [4.69, 9.17) is 0 Å². The fourth-order valence-corrected chi connectivity index (χ4v) is 2.61. The minimum absolute atomic E-state index is 0.107. The molecule has 0 aliphatic rings. The molecule has 0 spiro atoms. The summed E-state index contributed by atoms with van der Waals surface area (Å²) in [5, 5.41) is 7.22. The van der Waals surface area contributed by atoms with E-state index in [1.165, 1.54) is 5.56 Å². The number of aromatic nitrogens is 3. The van der Waals surface area contributed by atoms with Gasteiger partial charge in [-0.1, -0.05) is 37.3 Å². The van der Waals surface area contributed by atoms with Gasteiger partial charge in [-0.2, -0.15) is 5.10 Å². The van der Waals surface area contributed by atoms with Crippen molar-refractivity contribution in [1.29, 1.82) is 0 Å². The molecule has 1 N–H and O–H groups in total. The van der Waals surface area contributed by atoms with Crippen LogP contribution in [0.2, 0.25) is 0 Å². The normalized spacial score (nSPS) is 12.1. The van der Waals surface area contributed by atoms with Gasteiger partial charge in [0.25, 0.3) is 5.91 Å². The topological polar surface area (TPSA) is 51.9 Å². The third-order valence-corrected chi connectivity index (χ3v) is 3.94. The third-order valence-electron chi connectivity index (χ3n) is 3.94. The molecule has 23 heavy (non-hydrogen) atoms. The highest BCUT2D eigenvalue weighted by atomic mass is 16.1. The van der Waals surface area contributed by atoms with E-state index in [0.717, 1.165) is 5.82 Å². The van der Waals surface area contributed by atoms with Crippen LogP contribution in [-0.4, -0.2) is 26.8 Å². The Morgan fingerprint density at radius 3 is 2.57 bits per heavy atom. The van der Waals surface area contributed by atoms with Crippen LogP contribution in [0.15, 0.2) is 61.1 Å². The van der Waals surface area contributed by atoms with Crippen LogP contribution in [-0.2, 0) is 7.05 Å². The molecule has 5 heteroatoms. The number of carbonyl (C=O) groups is 1. The molecule has 3 aromatic rings. The van der Waals surface area contributed by atoms with Gasteiger partial charge in [-0.3, -0.25) is 9.48 Å². The number of nitrogens with zero attached hydrogens (tertiary/aromatic N) is 3. The van der Waals surface area contributed by atoms with E-state index < -0.39 is 0 Å². The SMILES string of the molecule is CC(CNC(=O)c1cnn(C)c1-n1cccc1)c1ccccc1. The molecule has 0 saturated carbocycles. The van der Waals surface area contributed by atoms with Gasteiger partial charge in [-0.25, -0.2) is 0 Å². The molecule has 0 radical (unpaired) electrons. The van der Waals surface area contributed by atoms with Crippen molar-refractivity contribution in [3.8, 4) is 5.82 Å². The summed E-state index contributed by atoms with van der Waals surface area (Å²) < 4.78 is 3.60. The summed E-state index contributed by atoms with van der Waals surface area (Å²) in [6, 6.07) is 14.0. The first-order chi connectivity index (χ1) is 11.2. The Labute approximate surface area is 135 Å². The van der Waals surface area contributed by atoms with Crippen LogP contribution in [0.5, 0.6) is 0 Å². The van der Waals surface area contributed by atoms with Gasteiger partial charge >= 0.3 is 0 Å². The standard InChI is InChI=1S/C18H20N4O/c1-14(15-8-4-3-5-9-15)12-19-17(23)16-13-20-21(2)18(16)22-10-6-7-11-22/h3-11,13-14H,12H2,1-2H3,(H,19,23). The Kier molecular flexibility index (Phi) is 4.28. The molecule has 2 aromatic heterocycles. The second-order valence-corrected chi connectivity index (χ2v) is 5.62. The average Bonchev–Trinajstić information content (AvgIpc) is 3.22. The van der Waals surface area contributed by atoms with Crippen molar-refractivity contribution in [2.75, 3.05) is 6.54 Å². The van der Waals surface area contributed by atoms with E-state index in [0.29, 0.717) is 12.1 Å².